The number of nitrogens with zero attached hydrogens (tertiary/aromatic N) is 4. The highest BCUT2D eigenvalue weighted by atomic mass is 79.9. The van der Waals surface area contributed by atoms with Gasteiger partial charge in [0.15, 0.2) is 0 Å². The van der Waals surface area contributed by atoms with E-state index in [1.165, 1.54) is 5.69 Å². The Balaban J connectivity index is 1.98. The Kier molecular flexibility index (Phi) is 2.67. The molecule has 14 heavy (non-hydrogen) atoms. The average Bonchev–Trinajstić information content (AvgIpc) is 2.72. The number of hydrogen-bond acceptors (Lipinski definition) is 2. The fourth-order valence-electron chi connectivity index (χ4n) is 1.34. The van der Waals surface area contributed by atoms with Crippen molar-refractivity contribution < 1.29 is 0 Å². The topological polar surface area (TPSA) is 35.6 Å². The summed E-state index contributed by atoms with van der Waals surface area (Å²) in [5, 5.41) is 8.36. The van der Waals surface area contributed by atoms with E-state index in [2.05, 4.69) is 26.1 Å². The van der Waals surface area contributed by atoms with E-state index in [-0.39, 0.29) is 0 Å². The van der Waals surface area contributed by atoms with E-state index in [0.29, 0.717) is 0 Å². The SMILES string of the molecule is Cn1nccc1CCn1ccc(Br)n1. The van der Waals surface area contributed by atoms with E-state index in [1.54, 1.807) is 0 Å². The Labute approximate surface area is 90.7 Å². The van der Waals surface area contributed by atoms with Gasteiger partial charge in [-0.2, -0.15) is 10.2 Å². The molecule has 0 fully saturated rings. The minimum atomic E-state index is 0.877. The van der Waals surface area contributed by atoms with Gasteiger partial charge >= 0.3 is 0 Å². The smallest absolute Gasteiger partial charge is 0.128 e. The van der Waals surface area contributed by atoms with Crippen molar-refractivity contribution >= 4 is 15.9 Å². The highest BCUT2D eigenvalue weighted by Gasteiger charge is 1.99. The summed E-state index contributed by atoms with van der Waals surface area (Å²) in [4.78, 5) is 0. The van der Waals surface area contributed by atoms with Crippen LogP contribution in [0.3, 0.4) is 0 Å². The van der Waals surface area contributed by atoms with Gasteiger partial charge in [0, 0.05) is 38.1 Å². The zero-order valence-corrected chi connectivity index (χ0v) is 9.48. The monoisotopic (exact) mass is 254 g/mol. The van der Waals surface area contributed by atoms with Gasteiger partial charge in [-0.25, -0.2) is 0 Å². The largest absolute Gasteiger partial charge is 0.273 e. The van der Waals surface area contributed by atoms with Crippen LogP contribution in [0.5, 0.6) is 0 Å². The van der Waals surface area contributed by atoms with Crippen LogP contribution >= 0.6 is 15.9 Å². The summed E-state index contributed by atoms with van der Waals surface area (Å²) in [6, 6.07) is 3.96. The zero-order valence-electron chi connectivity index (χ0n) is 7.89. The van der Waals surface area contributed by atoms with E-state index in [4.69, 9.17) is 0 Å². The summed E-state index contributed by atoms with van der Waals surface area (Å²) >= 11 is 3.32. The van der Waals surface area contributed by atoms with Gasteiger partial charge in [0.05, 0.1) is 0 Å². The molecule has 2 rings (SSSR count). The van der Waals surface area contributed by atoms with Crippen LogP contribution in [0, 0.1) is 0 Å². The number of halogens is 1. The summed E-state index contributed by atoms with van der Waals surface area (Å²) in [5.74, 6) is 0. The summed E-state index contributed by atoms with van der Waals surface area (Å²) in [7, 11) is 1.95. The van der Waals surface area contributed by atoms with E-state index < -0.39 is 0 Å². The molecule has 0 saturated carbocycles. The predicted molar refractivity (Wildman–Crippen MR) is 56.8 cm³/mol. The molecule has 4 nitrogen and oxygen atoms in total. The molecule has 2 aromatic heterocycles. The molecule has 74 valence electrons. The van der Waals surface area contributed by atoms with Crippen LogP contribution in [0.1, 0.15) is 5.69 Å². The highest BCUT2D eigenvalue weighted by molar-refractivity contribution is 9.10. The van der Waals surface area contributed by atoms with Gasteiger partial charge in [-0.1, -0.05) is 0 Å². The van der Waals surface area contributed by atoms with Crippen molar-refractivity contribution in [2.45, 2.75) is 13.0 Å². The fourth-order valence-corrected chi connectivity index (χ4v) is 1.66. The second-order valence-electron chi connectivity index (χ2n) is 3.10. The first-order valence-electron chi connectivity index (χ1n) is 4.41. The molecule has 0 amide bonds. The second-order valence-corrected chi connectivity index (χ2v) is 3.91. The number of hydrogen-bond donors (Lipinski definition) is 0. The van der Waals surface area contributed by atoms with Crippen molar-refractivity contribution in [2.24, 2.45) is 7.05 Å². The molecule has 0 aromatic carbocycles. The van der Waals surface area contributed by atoms with Crippen molar-refractivity contribution in [3.05, 3.63) is 34.8 Å². The molecule has 0 radical (unpaired) electrons. The van der Waals surface area contributed by atoms with Crippen LogP contribution < -0.4 is 0 Å². The third-order valence-corrected chi connectivity index (χ3v) is 2.55. The van der Waals surface area contributed by atoms with Gasteiger partial charge < -0.3 is 0 Å². The Morgan fingerprint density at radius 2 is 2.29 bits per heavy atom. The van der Waals surface area contributed by atoms with Crippen LogP contribution in [0.25, 0.3) is 0 Å². The van der Waals surface area contributed by atoms with Crippen molar-refractivity contribution in [1.82, 2.24) is 19.6 Å². The van der Waals surface area contributed by atoms with Crippen molar-refractivity contribution in [3.63, 3.8) is 0 Å². The molecule has 0 unspecified atom stereocenters. The quantitative estimate of drug-likeness (QED) is 0.835. The van der Waals surface area contributed by atoms with Crippen molar-refractivity contribution in [3.8, 4) is 0 Å². The molecular weight excluding hydrogens is 244 g/mol. The lowest BCUT2D eigenvalue weighted by molar-refractivity contribution is 0.584. The summed E-state index contributed by atoms with van der Waals surface area (Å²) in [5.41, 5.74) is 1.22. The maximum atomic E-state index is 4.24. The van der Waals surface area contributed by atoms with Crippen LogP contribution in [0.4, 0.5) is 0 Å². The molecule has 0 aliphatic rings. The number of aromatic nitrogens is 4. The van der Waals surface area contributed by atoms with Gasteiger partial charge in [0.2, 0.25) is 0 Å². The maximum Gasteiger partial charge on any atom is 0.128 e. The van der Waals surface area contributed by atoms with Crippen molar-refractivity contribution in [1.29, 1.82) is 0 Å². The van der Waals surface area contributed by atoms with Gasteiger partial charge in [-0.15, -0.1) is 0 Å². The Hall–Kier alpha value is -1.10. The van der Waals surface area contributed by atoms with E-state index in [9.17, 15) is 0 Å². The normalized spacial score (nSPS) is 10.7. The van der Waals surface area contributed by atoms with Gasteiger partial charge in [-0.05, 0) is 28.1 Å². The van der Waals surface area contributed by atoms with Crippen LogP contribution in [-0.4, -0.2) is 19.6 Å². The number of aryl methyl sites for hydroxylation is 3. The molecular formula is C9H11BrN4. The van der Waals surface area contributed by atoms with E-state index >= 15 is 0 Å². The lowest BCUT2D eigenvalue weighted by Crippen LogP contribution is -2.05. The molecule has 0 bridgehead atoms. The minimum absolute atomic E-state index is 0.877. The molecule has 2 aromatic rings. The maximum absolute atomic E-state index is 4.24. The highest BCUT2D eigenvalue weighted by Crippen LogP contribution is 2.05. The van der Waals surface area contributed by atoms with Crippen LogP contribution in [0.2, 0.25) is 0 Å². The molecule has 5 heteroatoms. The third kappa shape index (κ3) is 2.04. The third-order valence-electron chi connectivity index (χ3n) is 2.13. The summed E-state index contributed by atoms with van der Waals surface area (Å²) < 4.78 is 4.68. The lowest BCUT2D eigenvalue weighted by Gasteiger charge is -2.01. The van der Waals surface area contributed by atoms with E-state index in [1.807, 2.05) is 40.9 Å². The Bertz CT molecular complexity index is 418. The number of rotatable bonds is 3. The molecule has 0 spiro atoms. The molecule has 0 atom stereocenters. The first kappa shape index (κ1) is 9.45. The van der Waals surface area contributed by atoms with Crippen LogP contribution in [0.15, 0.2) is 29.1 Å². The zero-order chi connectivity index (χ0) is 9.97. The lowest BCUT2D eigenvalue weighted by atomic mass is 10.3. The summed E-state index contributed by atoms with van der Waals surface area (Å²) in [6.45, 7) is 0.880. The molecule has 0 N–H and O–H groups in total. The molecule has 0 saturated heterocycles. The Morgan fingerprint density at radius 1 is 1.43 bits per heavy atom. The first-order chi connectivity index (χ1) is 6.75. The molecule has 2 heterocycles. The van der Waals surface area contributed by atoms with Gasteiger partial charge in [-0.3, -0.25) is 9.36 Å². The fraction of sp³-hybridized carbons (Fsp3) is 0.333. The van der Waals surface area contributed by atoms with Gasteiger partial charge in [0.1, 0.15) is 4.60 Å². The second kappa shape index (κ2) is 3.96. The van der Waals surface area contributed by atoms with E-state index in [0.717, 1.165) is 17.6 Å². The van der Waals surface area contributed by atoms with Gasteiger partial charge in [0.25, 0.3) is 0 Å². The van der Waals surface area contributed by atoms with Crippen LogP contribution in [-0.2, 0) is 20.0 Å². The summed E-state index contributed by atoms with van der Waals surface area (Å²) in [6.07, 6.45) is 4.72. The first-order valence-corrected chi connectivity index (χ1v) is 5.21. The predicted octanol–water partition coefficient (Wildman–Crippen LogP) is 1.62. The van der Waals surface area contributed by atoms with Crippen molar-refractivity contribution in [2.75, 3.05) is 0 Å². The minimum Gasteiger partial charge on any atom is -0.273 e. The average molecular weight is 255 g/mol. The molecule has 0 aliphatic heterocycles. The molecule has 0 aliphatic carbocycles. The Morgan fingerprint density at radius 3 is 2.86 bits per heavy atom. The standard InChI is InChI=1S/C9H11BrN4/c1-13-8(2-5-11-13)3-6-14-7-4-9(10)12-14/h2,4-5,7H,3,6H2,1H3.